The van der Waals surface area contributed by atoms with Crippen molar-refractivity contribution in [3.63, 3.8) is 0 Å². The number of carbonyl (C=O) groups is 1. The van der Waals surface area contributed by atoms with Gasteiger partial charge in [-0.15, -0.1) is 0 Å². The van der Waals surface area contributed by atoms with Crippen molar-refractivity contribution in [2.75, 3.05) is 10.6 Å². The quantitative estimate of drug-likeness (QED) is 0.807. The molecule has 0 aliphatic rings. The van der Waals surface area contributed by atoms with Gasteiger partial charge in [-0.25, -0.2) is 14.2 Å². The molecule has 6 nitrogen and oxygen atoms in total. The van der Waals surface area contributed by atoms with Gasteiger partial charge in [0.1, 0.15) is 17.2 Å². The summed E-state index contributed by atoms with van der Waals surface area (Å²) in [5, 5.41) is 5.48. The van der Waals surface area contributed by atoms with E-state index in [9.17, 15) is 9.18 Å². The highest BCUT2D eigenvalue weighted by Crippen LogP contribution is 2.21. The number of nitrogens with one attached hydrogen (secondary N) is 3. The van der Waals surface area contributed by atoms with E-state index in [-0.39, 0.29) is 5.69 Å². The van der Waals surface area contributed by atoms with Crippen LogP contribution in [-0.2, 0) is 11.3 Å². The molecule has 0 aliphatic heterocycles. The second kappa shape index (κ2) is 6.46. The van der Waals surface area contributed by atoms with E-state index >= 15 is 0 Å². The molecule has 0 radical (unpaired) electrons. The number of hydrogen-bond donors (Lipinski definition) is 3. The van der Waals surface area contributed by atoms with Gasteiger partial charge in [-0.2, -0.15) is 0 Å². The number of ether oxygens (including phenoxy) is 1. The Morgan fingerprint density at radius 2 is 2.18 bits per heavy atom. The van der Waals surface area contributed by atoms with Crippen molar-refractivity contribution in [1.82, 2.24) is 9.97 Å². The highest BCUT2D eigenvalue weighted by Gasteiger charge is 2.17. The van der Waals surface area contributed by atoms with Gasteiger partial charge < -0.3 is 15.0 Å². The normalized spacial score (nSPS) is 11.1. The number of carbonyl (C=O) groups excluding carboxylic acids is 1. The molecule has 1 aromatic carbocycles. The molecule has 2 rings (SSSR count). The number of halogens is 1. The molecule has 2 aromatic rings. The van der Waals surface area contributed by atoms with Gasteiger partial charge in [0.05, 0.1) is 12.2 Å². The van der Waals surface area contributed by atoms with Crippen molar-refractivity contribution < 1.29 is 13.9 Å². The number of rotatable bonds is 4. The average Bonchev–Trinajstić information content (AvgIpc) is 2.90. The number of aromatic amines is 1. The zero-order valence-electron chi connectivity index (χ0n) is 12.7. The fourth-order valence-electron chi connectivity index (χ4n) is 1.73. The Hall–Kier alpha value is -2.57. The first-order chi connectivity index (χ1) is 10.3. The lowest BCUT2D eigenvalue weighted by Gasteiger charge is -2.20. The van der Waals surface area contributed by atoms with E-state index in [4.69, 9.17) is 4.74 Å². The Balaban J connectivity index is 2.01. The lowest BCUT2D eigenvalue weighted by atomic mass is 10.2. The molecular formula is C15H19FN4O2. The van der Waals surface area contributed by atoms with Crippen LogP contribution in [0.1, 0.15) is 26.6 Å². The van der Waals surface area contributed by atoms with Gasteiger partial charge >= 0.3 is 6.09 Å². The Morgan fingerprint density at radius 1 is 1.41 bits per heavy atom. The number of aromatic nitrogens is 2. The van der Waals surface area contributed by atoms with E-state index in [1.54, 1.807) is 39.2 Å². The molecular weight excluding hydrogens is 287 g/mol. The fourth-order valence-corrected chi connectivity index (χ4v) is 1.73. The number of imidazole rings is 1. The van der Waals surface area contributed by atoms with Crippen LogP contribution < -0.4 is 10.6 Å². The van der Waals surface area contributed by atoms with Crippen LogP contribution in [0.25, 0.3) is 0 Å². The third-order valence-corrected chi connectivity index (χ3v) is 2.62. The zero-order valence-corrected chi connectivity index (χ0v) is 12.7. The van der Waals surface area contributed by atoms with Crippen LogP contribution in [0.2, 0.25) is 0 Å². The van der Waals surface area contributed by atoms with Crippen LogP contribution in [0.5, 0.6) is 0 Å². The highest BCUT2D eigenvalue weighted by molar-refractivity contribution is 5.85. The third kappa shape index (κ3) is 4.76. The summed E-state index contributed by atoms with van der Waals surface area (Å²) < 4.78 is 18.9. The van der Waals surface area contributed by atoms with Gasteiger partial charge in [-0.05, 0) is 39.0 Å². The summed E-state index contributed by atoms with van der Waals surface area (Å²) in [5.41, 5.74) is 0.0675. The second-order valence-electron chi connectivity index (χ2n) is 5.71. The van der Waals surface area contributed by atoms with Crippen molar-refractivity contribution in [2.45, 2.75) is 32.9 Å². The SMILES string of the molecule is CC(C)(C)OC(=O)Nc1cc(NCc2ncc[nH]2)ccc1F. The maximum absolute atomic E-state index is 13.8. The molecule has 0 spiro atoms. The van der Waals surface area contributed by atoms with Crippen LogP contribution >= 0.6 is 0 Å². The standard InChI is InChI=1S/C15H19FN4O2/c1-15(2,3)22-14(21)20-12-8-10(4-5-11(12)16)19-9-13-17-6-7-18-13/h4-8,19H,9H2,1-3H3,(H,17,18)(H,20,21). The summed E-state index contributed by atoms with van der Waals surface area (Å²) in [5.74, 6) is 0.223. The van der Waals surface area contributed by atoms with Crippen molar-refractivity contribution in [2.24, 2.45) is 0 Å². The molecule has 1 heterocycles. The van der Waals surface area contributed by atoms with E-state index in [0.717, 1.165) is 5.82 Å². The molecule has 0 bridgehead atoms. The van der Waals surface area contributed by atoms with E-state index < -0.39 is 17.5 Å². The van der Waals surface area contributed by atoms with E-state index in [2.05, 4.69) is 20.6 Å². The molecule has 22 heavy (non-hydrogen) atoms. The van der Waals surface area contributed by atoms with Gasteiger partial charge in [0.25, 0.3) is 0 Å². The molecule has 0 unspecified atom stereocenters. The first kappa shape index (κ1) is 15.8. The van der Waals surface area contributed by atoms with Gasteiger partial charge in [-0.3, -0.25) is 5.32 Å². The molecule has 0 aliphatic carbocycles. The Labute approximate surface area is 128 Å². The maximum atomic E-state index is 13.8. The molecule has 3 N–H and O–H groups in total. The summed E-state index contributed by atoms with van der Waals surface area (Å²) in [7, 11) is 0. The summed E-state index contributed by atoms with van der Waals surface area (Å²) in [4.78, 5) is 18.7. The fraction of sp³-hybridized carbons (Fsp3) is 0.333. The number of hydrogen-bond acceptors (Lipinski definition) is 4. The second-order valence-corrected chi connectivity index (χ2v) is 5.71. The molecule has 7 heteroatoms. The van der Waals surface area contributed by atoms with Crippen LogP contribution in [0.3, 0.4) is 0 Å². The predicted octanol–water partition coefficient (Wildman–Crippen LogP) is 3.51. The molecule has 0 atom stereocenters. The summed E-state index contributed by atoms with van der Waals surface area (Å²) in [6.45, 7) is 5.68. The molecule has 0 fully saturated rings. The van der Waals surface area contributed by atoms with Crippen LogP contribution in [0.4, 0.5) is 20.6 Å². The van der Waals surface area contributed by atoms with Gasteiger partial charge in [0, 0.05) is 18.1 Å². The minimum Gasteiger partial charge on any atom is -0.444 e. The highest BCUT2D eigenvalue weighted by atomic mass is 19.1. The Morgan fingerprint density at radius 3 is 2.82 bits per heavy atom. The molecule has 0 saturated carbocycles. The first-order valence-corrected chi connectivity index (χ1v) is 6.85. The molecule has 1 amide bonds. The van der Waals surface area contributed by atoms with E-state index in [1.165, 1.54) is 12.1 Å². The predicted molar refractivity (Wildman–Crippen MR) is 82.2 cm³/mol. The maximum Gasteiger partial charge on any atom is 0.412 e. The molecule has 0 saturated heterocycles. The monoisotopic (exact) mass is 306 g/mol. The first-order valence-electron chi connectivity index (χ1n) is 6.85. The van der Waals surface area contributed by atoms with Crippen LogP contribution in [-0.4, -0.2) is 21.7 Å². The smallest absolute Gasteiger partial charge is 0.412 e. The third-order valence-electron chi connectivity index (χ3n) is 2.62. The van der Waals surface area contributed by atoms with Crippen molar-refractivity contribution in [1.29, 1.82) is 0 Å². The lowest BCUT2D eigenvalue weighted by Crippen LogP contribution is -2.27. The van der Waals surface area contributed by atoms with E-state index in [0.29, 0.717) is 12.2 Å². The molecule has 1 aromatic heterocycles. The summed E-state index contributed by atoms with van der Waals surface area (Å²) in [6.07, 6.45) is 2.67. The van der Waals surface area contributed by atoms with E-state index in [1.807, 2.05) is 0 Å². The minimum absolute atomic E-state index is 0.0543. The topological polar surface area (TPSA) is 79.0 Å². The number of H-pyrrole nitrogens is 1. The Bertz CT molecular complexity index is 635. The minimum atomic E-state index is -0.699. The van der Waals surface area contributed by atoms with Crippen LogP contribution in [0.15, 0.2) is 30.6 Å². The average molecular weight is 306 g/mol. The van der Waals surface area contributed by atoms with Crippen molar-refractivity contribution in [3.05, 3.63) is 42.2 Å². The van der Waals surface area contributed by atoms with Gasteiger partial charge in [0.2, 0.25) is 0 Å². The summed E-state index contributed by atoms with van der Waals surface area (Å²) in [6, 6.07) is 4.36. The van der Waals surface area contributed by atoms with Crippen molar-refractivity contribution >= 4 is 17.5 Å². The number of nitrogens with zero attached hydrogens (tertiary/aromatic N) is 1. The Kier molecular flexibility index (Phi) is 4.65. The largest absolute Gasteiger partial charge is 0.444 e. The molecule has 118 valence electrons. The lowest BCUT2D eigenvalue weighted by molar-refractivity contribution is 0.0635. The number of amides is 1. The van der Waals surface area contributed by atoms with Crippen molar-refractivity contribution in [3.8, 4) is 0 Å². The zero-order chi connectivity index (χ0) is 16.2. The number of anilines is 2. The number of benzene rings is 1. The van der Waals surface area contributed by atoms with Gasteiger partial charge in [-0.1, -0.05) is 0 Å². The van der Waals surface area contributed by atoms with Crippen LogP contribution in [0, 0.1) is 5.82 Å². The van der Waals surface area contributed by atoms with Gasteiger partial charge in [0.15, 0.2) is 0 Å². The summed E-state index contributed by atoms with van der Waals surface area (Å²) >= 11 is 0.